The average molecular weight is 446 g/mol. The van der Waals surface area contributed by atoms with Crippen molar-refractivity contribution in [2.75, 3.05) is 25.0 Å². The second-order valence-electron chi connectivity index (χ2n) is 8.21. The summed E-state index contributed by atoms with van der Waals surface area (Å²) in [7, 11) is 1.80. The number of piperidine rings is 1. The molecule has 1 amide bonds. The molecule has 4 rings (SSSR count). The Kier molecular flexibility index (Phi) is 7.35. The quantitative estimate of drug-likeness (QED) is 0.432. The topological polar surface area (TPSA) is 36.4 Å². The van der Waals surface area contributed by atoms with Crippen molar-refractivity contribution in [1.82, 2.24) is 9.88 Å². The summed E-state index contributed by atoms with van der Waals surface area (Å²) in [6, 6.07) is 19.8. The van der Waals surface area contributed by atoms with E-state index in [1.165, 1.54) is 37.9 Å². The summed E-state index contributed by atoms with van der Waals surface area (Å²) in [6.45, 7) is 3.34. The molecule has 0 spiro atoms. The van der Waals surface area contributed by atoms with E-state index in [1.807, 2.05) is 48.5 Å². The molecule has 1 aromatic heterocycles. The number of aromatic nitrogens is 1. The second-order valence-corrected chi connectivity index (χ2v) is 8.65. The fraction of sp³-hybridized carbons (Fsp3) is 0.259. The van der Waals surface area contributed by atoms with Crippen molar-refractivity contribution in [3.8, 4) is 11.1 Å². The Morgan fingerprint density at radius 3 is 2.31 bits per heavy atom. The van der Waals surface area contributed by atoms with E-state index >= 15 is 0 Å². The van der Waals surface area contributed by atoms with Crippen molar-refractivity contribution < 1.29 is 4.79 Å². The number of anilines is 1. The Balaban J connectivity index is 1.34. The van der Waals surface area contributed by atoms with E-state index in [9.17, 15) is 4.79 Å². The van der Waals surface area contributed by atoms with Gasteiger partial charge in [-0.15, -0.1) is 0 Å². The summed E-state index contributed by atoms with van der Waals surface area (Å²) < 4.78 is 0. The van der Waals surface area contributed by atoms with Gasteiger partial charge in [0.15, 0.2) is 0 Å². The number of hydrogen-bond acceptors (Lipinski definition) is 3. The lowest BCUT2D eigenvalue weighted by Gasteiger charge is -2.26. The molecule has 1 fully saturated rings. The Morgan fingerprint density at radius 2 is 1.66 bits per heavy atom. The van der Waals surface area contributed by atoms with Crippen LogP contribution < -0.4 is 4.90 Å². The van der Waals surface area contributed by atoms with Crippen LogP contribution in [-0.4, -0.2) is 35.9 Å². The highest BCUT2D eigenvalue weighted by Crippen LogP contribution is 2.21. The summed E-state index contributed by atoms with van der Waals surface area (Å²) in [5, 5.41) is 0.709. The lowest BCUT2D eigenvalue weighted by Crippen LogP contribution is -2.29. The van der Waals surface area contributed by atoms with Crippen LogP contribution in [0.5, 0.6) is 0 Å². The molecule has 4 nitrogen and oxygen atoms in total. The molecule has 1 saturated heterocycles. The first-order chi connectivity index (χ1) is 15.6. The Morgan fingerprint density at radius 1 is 0.969 bits per heavy atom. The van der Waals surface area contributed by atoms with Crippen LogP contribution in [0, 0.1) is 0 Å². The molecule has 164 valence electrons. The normalized spacial score (nSPS) is 14.6. The van der Waals surface area contributed by atoms with Gasteiger partial charge in [0.25, 0.3) is 5.91 Å². The van der Waals surface area contributed by atoms with Gasteiger partial charge in [-0.05, 0) is 73.5 Å². The third-order valence-electron chi connectivity index (χ3n) is 5.87. The Hall–Kier alpha value is -2.95. The predicted octanol–water partition coefficient (Wildman–Crippen LogP) is 6.06. The first-order valence-electron chi connectivity index (χ1n) is 11.1. The van der Waals surface area contributed by atoms with E-state index in [0.717, 1.165) is 29.1 Å². The smallest absolute Gasteiger partial charge is 0.250 e. The van der Waals surface area contributed by atoms with Gasteiger partial charge in [0.2, 0.25) is 0 Å². The maximum Gasteiger partial charge on any atom is 0.250 e. The number of hydrogen-bond donors (Lipinski definition) is 0. The number of amides is 1. The molecule has 0 N–H and O–H groups in total. The minimum Gasteiger partial charge on any atom is -0.312 e. The van der Waals surface area contributed by atoms with Gasteiger partial charge in [-0.1, -0.05) is 48.4 Å². The molecule has 0 saturated carbocycles. The third-order valence-corrected chi connectivity index (χ3v) is 6.12. The lowest BCUT2D eigenvalue weighted by atomic mass is 10.1. The van der Waals surface area contributed by atoms with Crippen LogP contribution in [0.15, 0.2) is 72.9 Å². The SMILES string of the molecule is CN(C(=O)/C=C/c1ccc(-c2ccc(Cl)cc2)cn1)c1ccc(CN2CCCCC2)cc1. The largest absolute Gasteiger partial charge is 0.312 e. The lowest BCUT2D eigenvalue weighted by molar-refractivity contribution is -0.113. The van der Waals surface area contributed by atoms with Crippen LogP contribution in [0.4, 0.5) is 5.69 Å². The number of likely N-dealkylation sites (tertiary alicyclic amines) is 1. The van der Waals surface area contributed by atoms with Gasteiger partial charge in [-0.3, -0.25) is 14.7 Å². The molecule has 1 aliphatic rings. The zero-order chi connectivity index (χ0) is 22.3. The van der Waals surface area contributed by atoms with Crippen LogP contribution in [0.25, 0.3) is 17.2 Å². The van der Waals surface area contributed by atoms with Crippen molar-refractivity contribution in [3.05, 3.63) is 89.2 Å². The van der Waals surface area contributed by atoms with E-state index in [1.54, 1.807) is 30.3 Å². The molecule has 2 aromatic carbocycles. The van der Waals surface area contributed by atoms with Crippen molar-refractivity contribution >= 4 is 29.3 Å². The van der Waals surface area contributed by atoms with E-state index in [4.69, 9.17) is 11.6 Å². The number of carbonyl (C=O) groups is 1. The maximum absolute atomic E-state index is 12.6. The number of halogens is 1. The fourth-order valence-electron chi connectivity index (χ4n) is 3.91. The van der Waals surface area contributed by atoms with Gasteiger partial charge in [0, 0.05) is 42.1 Å². The minimum absolute atomic E-state index is 0.0858. The van der Waals surface area contributed by atoms with Crippen LogP contribution in [0.3, 0.4) is 0 Å². The van der Waals surface area contributed by atoms with Gasteiger partial charge >= 0.3 is 0 Å². The van der Waals surface area contributed by atoms with Gasteiger partial charge < -0.3 is 4.90 Å². The molecule has 0 atom stereocenters. The highest BCUT2D eigenvalue weighted by atomic mass is 35.5. The molecule has 32 heavy (non-hydrogen) atoms. The minimum atomic E-state index is -0.0858. The van der Waals surface area contributed by atoms with Crippen molar-refractivity contribution in [2.45, 2.75) is 25.8 Å². The van der Waals surface area contributed by atoms with E-state index < -0.39 is 0 Å². The second kappa shape index (κ2) is 10.6. The third kappa shape index (κ3) is 5.84. The number of carbonyl (C=O) groups excluding carboxylic acids is 1. The number of pyridine rings is 1. The highest BCUT2D eigenvalue weighted by Gasteiger charge is 2.12. The monoisotopic (exact) mass is 445 g/mol. The van der Waals surface area contributed by atoms with E-state index in [0.29, 0.717) is 5.02 Å². The summed E-state index contributed by atoms with van der Waals surface area (Å²) in [5.41, 5.74) is 4.97. The number of nitrogens with zero attached hydrogens (tertiary/aromatic N) is 3. The van der Waals surface area contributed by atoms with E-state index in [-0.39, 0.29) is 5.91 Å². The molecule has 0 unspecified atom stereocenters. The van der Waals surface area contributed by atoms with Crippen molar-refractivity contribution in [3.63, 3.8) is 0 Å². The summed E-state index contributed by atoms with van der Waals surface area (Å²) in [5.74, 6) is -0.0858. The summed E-state index contributed by atoms with van der Waals surface area (Å²) in [4.78, 5) is 21.2. The maximum atomic E-state index is 12.6. The molecular weight excluding hydrogens is 418 g/mol. The standard InChI is InChI=1S/C27H28ClN3O/c1-30(26-14-5-21(6-15-26)20-31-17-3-2-4-18-31)27(32)16-13-25-12-9-23(19-29-25)22-7-10-24(28)11-8-22/h5-16,19H,2-4,17-18,20H2,1H3/b16-13+. The number of rotatable bonds is 6. The van der Waals surface area contributed by atoms with Gasteiger partial charge in [0.1, 0.15) is 0 Å². The fourth-order valence-corrected chi connectivity index (χ4v) is 4.04. The zero-order valence-electron chi connectivity index (χ0n) is 18.4. The number of likely N-dealkylation sites (N-methyl/N-ethyl adjacent to an activating group) is 1. The van der Waals surface area contributed by atoms with Crippen molar-refractivity contribution in [2.24, 2.45) is 0 Å². The predicted molar refractivity (Wildman–Crippen MR) is 133 cm³/mol. The zero-order valence-corrected chi connectivity index (χ0v) is 19.1. The molecular formula is C27H28ClN3O. The number of benzene rings is 2. The molecule has 2 heterocycles. The van der Waals surface area contributed by atoms with Gasteiger partial charge in [-0.25, -0.2) is 0 Å². The molecule has 0 aliphatic carbocycles. The summed E-state index contributed by atoms with van der Waals surface area (Å²) in [6.07, 6.45) is 9.04. The Bertz CT molecular complexity index is 1050. The van der Waals surface area contributed by atoms with Crippen LogP contribution in [-0.2, 0) is 11.3 Å². The van der Waals surface area contributed by atoms with E-state index in [2.05, 4.69) is 22.0 Å². The first-order valence-corrected chi connectivity index (χ1v) is 11.5. The highest BCUT2D eigenvalue weighted by molar-refractivity contribution is 6.30. The van der Waals surface area contributed by atoms with Crippen molar-refractivity contribution in [1.29, 1.82) is 0 Å². The van der Waals surface area contributed by atoms with Gasteiger partial charge in [0.05, 0.1) is 5.69 Å². The van der Waals surface area contributed by atoms with Gasteiger partial charge in [-0.2, -0.15) is 0 Å². The van der Waals surface area contributed by atoms with Crippen LogP contribution >= 0.6 is 11.6 Å². The molecule has 1 aliphatic heterocycles. The molecule has 0 radical (unpaired) electrons. The average Bonchev–Trinajstić information content (AvgIpc) is 2.84. The molecule has 0 bridgehead atoms. The molecule has 5 heteroatoms. The Labute approximate surface area is 195 Å². The summed E-state index contributed by atoms with van der Waals surface area (Å²) >= 11 is 5.95. The first kappa shape index (κ1) is 22.3. The van der Waals surface area contributed by atoms with Crippen LogP contribution in [0.1, 0.15) is 30.5 Å². The van der Waals surface area contributed by atoms with Crippen LogP contribution in [0.2, 0.25) is 5.02 Å². The molecule has 3 aromatic rings.